The van der Waals surface area contributed by atoms with Crippen molar-refractivity contribution >= 4 is 5.91 Å². The lowest BCUT2D eigenvalue weighted by atomic mass is 9.68. The number of carbonyl (C=O) groups is 1. The molecule has 5 rings (SSSR count). The van der Waals surface area contributed by atoms with Crippen LogP contribution in [0.15, 0.2) is 12.2 Å². The number of nitrogens with one attached hydrogen (secondary N) is 1. The molecule has 0 spiro atoms. The summed E-state index contributed by atoms with van der Waals surface area (Å²) in [6.07, 6.45) is 9.98. The van der Waals surface area contributed by atoms with Crippen molar-refractivity contribution in [2.45, 2.75) is 38.1 Å². The fourth-order valence-electron chi connectivity index (χ4n) is 4.04. The number of hydrogen-bond acceptors (Lipinski definition) is 4. The summed E-state index contributed by atoms with van der Waals surface area (Å²) in [5, 5.41) is 14.3. The van der Waals surface area contributed by atoms with Gasteiger partial charge in [0.2, 0.25) is 5.91 Å². The van der Waals surface area contributed by atoms with Crippen molar-refractivity contribution in [1.82, 2.24) is 25.5 Å². The number of H-pyrrole nitrogens is 1. The van der Waals surface area contributed by atoms with Crippen molar-refractivity contribution in [3.63, 3.8) is 0 Å². The lowest BCUT2D eigenvalue weighted by Gasteiger charge is -2.39. The van der Waals surface area contributed by atoms with Crippen molar-refractivity contribution in [1.29, 1.82) is 0 Å². The van der Waals surface area contributed by atoms with Crippen LogP contribution in [-0.2, 0) is 4.79 Å². The first-order chi connectivity index (χ1) is 9.83. The number of likely N-dealkylation sites (tertiary alicyclic amines) is 1. The predicted octanol–water partition coefficient (Wildman–Crippen LogP) is 1.47. The molecule has 2 fully saturated rings. The van der Waals surface area contributed by atoms with Gasteiger partial charge >= 0.3 is 0 Å². The number of hydrogen-bond donors (Lipinski definition) is 1. The number of tetrazole rings is 1. The molecule has 2 heterocycles. The minimum atomic E-state index is 0.0192. The lowest BCUT2D eigenvalue weighted by Crippen LogP contribution is -2.42. The van der Waals surface area contributed by atoms with Crippen molar-refractivity contribution in [2.75, 3.05) is 6.54 Å². The van der Waals surface area contributed by atoms with Crippen LogP contribution in [0.2, 0.25) is 0 Å². The standard InChI is InChI=1S/C14H19N5O/c20-14(11-8-9-3-5-10(11)6-4-9)19-7-1-2-12(19)13-15-17-18-16-13/h3,5,9-12H,1-2,4,6-8H2,(H,15,16,17,18)/t9-,10+,11-,12?/m1/s1. The third-order valence-corrected chi connectivity index (χ3v) is 5.09. The highest BCUT2D eigenvalue weighted by Crippen LogP contribution is 2.43. The van der Waals surface area contributed by atoms with E-state index in [0.717, 1.165) is 32.2 Å². The minimum absolute atomic E-state index is 0.0192. The van der Waals surface area contributed by atoms with Crippen molar-refractivity contribution in [2.24, 2.45) is 17.8 Å². The highest BCUT2D eigenvalue weighted by Gasteiger charge is 2.42. The topological polar surface area (TPSA) is 74.8 Å². The number of carbonyl (C=O) groups excluding carboxylic acids is 1. The predicted molar refractivity (Wildman–Crippen MR) is 71.3 cm³/mol. The molecule has 4 atom stereocenters. The zero-order valence-corrected chi connectivity index (χ0v) is 11.4. The molecule has 1 aromatic heterocycles. The van der Waals surface area contributed by atoms with E-state index in [1.165, 1.54) is 6.42 Å². The van der Waals surface area contributed by atoms with E-state index in [4.69, 9.17) is 0 Å². The largest absolute Gasteiger partial charge is 0.332 e. The van der Waals surface area contributed by atoms with E-state index in [9.17, 15) is 4.79 Å². The molecular formula is C14H19N5O. The SMILES string of the molecule is O=C([C@@H]1C[C@@H]2C=C[C@H]1CC2)N1CCCC1c1nn[nH]n1. The molecule has 1 amide bonds. The molecule has 106 valence electrons. The third kappa shape index (κ3) is 1.85. The molecule has 1 aromatic rings. The molecule has 6 heteroatoms. The fourth-order valence-corrected chi connectivity index (χ4v) is 4.04. The Kier molecular flexibility index (Phi) is 2.82. The zero-order chi connectivity index (χ0) is 13.5. The Morgan fingerprint density at radius 2 is 2.25 bits per heavy atom. The molecule has 1 saturated carbocycles. The Labute approximate surface area is 117 Å². The summed E-state index contributed by atoms with van der Waals surface area (Å²) >= 11 is 0. The first kappa shape index (κ1) is 12.1. The quantitative estimate of drug-likeness (QED) is 0.828. The van der Waals surface area contributed by atoms with Crippen molar-refractivity contribution < 1.29 is 4.79 Å². The van der Waals surface area contributed by atoms with Gasteiger partial charge in [0.05, 0.1) is 6.04 Å². The van der Waals surface area contributed by atoms with Gasteiger partial charge in [-0.15, -0.1) is 10.2 Å². The van der Waals surface area contributed by atoms with Crippen LogP contribution in [0.3, 0.4) is 0 Å². The summed E-state index contributed by atoms with van der Waals surface area (Å²) < 4.78 is 0. The van der Waals surface area contributed by atoms with E-state index in [2.05, 4.69) is 32.8 Å². The smallest absolute Gasteiger partial charge is 0.226 e. The van der Waals surface area contributed by atoms with Gasteiger partial charge in [0.25, 0.3) is 0 Å². The lowest BCUT2D eigenvalue weighted by molar-refractivity contribution is -0.139. The van der Waals surface area contributed by atoms with Crippen molar-refractivity contribution in [3.8, 4) is 0 Å². The van der Waals surface area contributed by atoms with Crippen LogP contribution < -0.4 is 0 Å². The normalized spacial score (nSPS) is 35.7. The maximum atomic E-state index is 12.9. The average molecular weight is 273 g/mol. The monoisotopic (exact) mass is 273 g/mol. The number of fused-ring (bicyclic) bond motifs is 2. The van der Waals surface area contributed by atoms with Gasteiger partial charge in [-0.2, -0.15) is 5.21 Å². The average Bonchev–Trinajstić information content (AvgIpc) is 3.18. The summed E-state index contributed by atoms with van der Waals surface area (Å²) in [5.74, 6) is 2.19. The summed E-state index contributed by atoms with van der Waals surface area (Å²) in [4.78, 5) is 14.9. The van der Waals surface area contributed by atoms with Gasteiger partial charge in [0.1, 0.15) is 0 Å². The van der Waals surface area contributed by atoms with Crippen LogP contribution in [0.4, 0.5) is 0 Å². The Morgan fingerprint density at radius 3 is 2.90 bits per heavy atom. The number of allylic oxidation sites excluding steroid dienone is 2. The van der Waals surface area contributed by atoms with Crippen LogP contribution >= 0.6 is 0 Å². The molecule has 6 nitrogen and oxygen atoms in total. The number of amides is 1. The second-order valence-electron chi connectivity index (χ2n) is 6.19. The first-order valence-electron chi connectivity index (χ1n) is 7.55. The second kappa shape index (κ2) is 4.68. The molecule has 1 saturated heterocycles. The van der Waals surface area contributed by atoms with Crippen LogP contribution in [-0.4, -0.2) is 38.0 Å². The number of aromatic amines is 1. The molecule has 1 unspecified atom stereocenters. The molecule has 1 aliphatic heterocycles. The van der Waals surface area contributed by atoms with Gasteiger partial charge in [-0.05, 0) is 43.9 Å². The fraction of sp³-hybridized carbons (Fsp3) is 0.714. The Bertz CT molecular complexity index is 526. The van der Waals surface area contributed by atoms with Gasteiger partial charge in [-0.3, -0.25) is 4.79 Å². The third-order valence-electron chi connectivity index (χ3n) is 5.09. The number of rotatable bonds is 2. The van der Waals surface area contributed by atoms with Crippen molar-refractivity contribution in [3.05, 3.63) is 18.0 Å². The maximum absolute atomic E-state index is 12.9. The second-order valence-corrected chi connectivity index (χ2v) is 6.19. The summed E-state index contributed by atoms with van der Waals surface area (Å²) in [6.45, 7) is 0.829. The van der Waals surface area contributed by atoms with E-state index >= 15 is 0 Å². The summed E-state index contributed by atoms with van der Waals surface area (Å²) in [7, 11) is 0. The molecular weight excluding hydrogens is 254 g/mol. The maximum Gasteiger partial charge on any atom is 0.226 e. The summed E-state index contributed by atoms with van der Waals surface area (Å²) in [5.41, 5.74) is 0. The Morgan fingerprint density at radius 1 is 1.30 bits per heavy atom. The molecule has 1 N–H and O–H groups in total. The Hall–Kier alpha value is -1.72. The summed E-state index contributed by atoms with van der Waals surface area (Å²) in [6, 6.07) is 0.0192. The van der Waals surface area contributed by atoms with E-state index < -0.39 is 0 Å². The first-order valence-corrected chi connectivity index (χ1v) is 7.55. The highest BCUT2D eigenvalue weighted by molar-refractivity contribution is 5.80. The molecule has 0 radical (unpaired) electrons. The van der Waals surface area contributed by atoms with Crippen LogP contribution in [0.25, 0.3) is 0 Å². The van der Waals surface area contributed by atoms with E-state index in [1.54, 1.807) is 0 Å². The molecule has 20 heavy (non-hydrogen) atoms. The minimum Gasteiger partial charge on any atom is -0.332 e. The number of aromatic nitrogens is 4. The molecule has 2 bridgehead atoms. The van der Waals surface area contributed by atoms with Crippen LogP contribution in [0.5, 0.6) is 0 Å². The highest BCUT2D eigenvalue weighted by atomic mass is 16.2. The van der Waals surface area contributed by atoms with Gasteiger partial charge in [0, 0.05) is 12.5 Å². The van der Waals surface area contributed by atoms with E-state index in [-0.39, 0.29) is 12.0 Å². The zero-order valence-electron chi connectivity index (χ0n) is 11.4. The van der Waals surface area contributed by atoms with E-state index in [0.29, 0.717) is 23.6 Å². The van der Waals surface area contributed by atoms with Crippen LogP contribution in [0.1, 0.15) is 44.0 Å². The number of nitrogens with zero attached hydrogens (tertiary/aromatic N) is 4. The Balaban J connectivity index is 1.55. The van der Waals surface area contributed by atoms with Gasteiger partial charge in [-0.25, -0.2) is 0 Å². The molecule has 0 aromatic carbocycles. The van der Waals surface area contributed by atoms with Gasteiger partial charge < -0.3 is 4.90 Å². The molecule has 3 aliphatic carbocycles. The molecule has 4 aliphatic rings. The van der Waals surface area contributed by atoms with E-state index in [1.807, 2.05) is 4.90 Å². The van der Waals surface area contributed by atoms with Gasteiger partial charge in [-0.1, -0.05) is 17.4 Å². The van der Waals surface area contributed by atoms with Gasteiger partial charge in [0.15, 0.2) is 5.82 Å². The van der Waals surface area contributed by atoms with Crippen LogP contribution in [0, 0.1) is 17.8 Å².